The van der Waals surface area contributed by atoms with E-state index in [-0.39, 0.29) is 23.8 Å². The minimum absolute atomic E-state index is 0.0979. The van der Waals surface area contributed by atoms with Gasteiger partial charge in [0.05, 0.1) is 19.1 Å². The van der Waals surface area contributed by atoms with Crippen molar-refractivity contribution in [2.45, 2.75) is 26.8 Å². The van der Waals surface area contributed by atoms with E-state index >= 15 is 0 Å². The van der Waals surface area contributed by atoms with Crippen molar-refractivity contribution in [2.75, 3.05) is 6.54 Å². The van der Waals surface area contributed by atoms with Gasteiger partial charge in [0.2, 0.25) is 0 Å². The molecule has 0 aliphatic heterocycles. The van der Waals surface area contributed by atoms with Gasteiger partial charge in [-0.05, 0) is 24.5 Å². The van der Waals surface area contributed by atoms with Gasteiger partial charge in [-0.3, -0.25) is 9.59 Å². The van der Waals surface area contributed by atoms with Gasteiger partial charge in [0.25, 0.3) is 11.8 Å². The SMILES string of the molecule is CC(C)CCNC(=O)c1nc[nH]c1C(=O)NCc1ccco1. The molecule has 0 aliphatic carbocycles. The summed E-state index contributed by atoms with van der Waals surface area (Å²) in [6.45, 7) is 4.96. The first kappa shape index (κ1) is 15.8. The minimum Gasteiger partial charge on any atom is -0.467 e. The summed E-state index contributed by atoms with van der Waals surface area (Å²) in [5.41, 5.74) is 0.245. The van der Waals surface area contributed by atoms with Gasteiger partial charge >= 0.3 is 0 Å². The average molecular weight is 304 g/mol. The maximum Gasteiger partial charge on any atom is 0.272 e. The lowest BCUT2D eigenvalue weighted by Crippen LogP contribution is -2.30. The minimum atomic E-state index is -0.400. The van der Waals surface area contributed by atoms with Crippen molar-refractivity contribution in [1.82, 2.24) is 20.6 Å². The number of aromatic amines is 1. The van der Waals surface area contributed by atoms with Gasteiger partial charge in [-0.2, -0.15) is 0 Å². The molecule has 0 saturated heterocycles. The van der Waals surface area contributed by atoms with Gasteiger partial charge in [0.15, 0.2) is 5.69 Å². The van der Waals surface area contributed by atoms with Crippen molar-refractivity contribution >= 4 is 11.8 Å². The van der Waals surface area contributed by atoms with Crippen LogP contribution in [-0.4, -0.2) is 28.3 Å². The second kappa shape index (κ2) is 7.44. The summed E-state index contributed by atoms with van der Waals surface area (Å²) in [6.07, 6.45) is 3.74. The molecule has 0 radical (unpaired) electrons. The number of carbonyl (C=O) groups is 2. The highest BCUT2D eigenvalue weighted by Crippen LogP contribution is 2.05. The third kappa shape index (κ3) is 4.21. The van der Waals surface area contributed by atoms with Crippen LogP contribution in [0.1, 0.15) is 47.0 Å². The molecule has 22 heavy (non-hydrogen) atoms. The highest BCUT2D eigenvalue weighted by Gasteiger charge is 2.20. The highest BCUT2D eigenvalue weighted by molar-refractivity contribution is 6.04. The first-order valence-corrected chi connectivity index (χ1v) is 7.20. The number of amides is 2. The third-order valence-electron chi connectivity index (χ3n) is 3.09. The van der Waals surface area contributed by atoms with E-state index in [0.717, 1.165) is 6.42 Å². The van der Waals surface area contributed by atoms with Crippen LogP contribution in [0.2, 0.25) is 0 Å². The first-order chi connectivity index (χ1) is 10.6. The third-order valence-corrected chi connectivity index (χ3v) is 3.09. The normalized spacial score (nSPS) is 10.7. The monoisotopic (exact) mass is 304 g/mol. The molecule has 0 aliphatic rings. The number of aromatic nitrogens is 2. The standard InChI is InChI=1S/C15H20N4O3/c1-10(2)5-6-16-14(20)12-13(19-9-18-12)15(21)17-8-11-4-3-7-22-11/h3-4,7,9-10H,5-6,8H2,1-2H3,(H,16,20)(H,17,21)(H,18,19). The Labute approximate surface area is 128 Å². The molecule has 2 amide bonds. The zero-order valence-electron chi connectivity index (χ0n) is 12.7. The van der Waals surface area contributed by atoms with Crippen molar-refractivity contribution in [2.24, 2.45) is 5.92 Å². The first-order valence-electron chi connectivity index (χ1n) is 7.20. The zero-order valence-corrected chi connectivity index (χ0v) is 12.7. The largest absolute Gasteiger partial charge is 0.467 e. The lowest BCUT2D eigenvalue weighted by molar-refractivity contribution is 0.0910. The summed E-state index contributed by atoms with van der Waals surface area (Å²) in [5.74, 6) is 0.374. The Morgan fingerprint density at radius 1 is 1.32 bits per heavy atom. The fourth-order valence-corrected chi connectivity index (χ4v) is 1.87. The topological polar surface area (TPSA) is 100 Å². The number of carbonyl (C=O) groups excluding carboxylic acids is 2. The van der Waals surface area contributed by atoms with Crippen molar-refractivity contribution in [3.8, 4) is 0 Å². The van der Waals surface area contributed by atoms with Gasteiger partial charge in [-0.1, -0.05) is 13.8 Å². The molecule has 0 unspecified atom stereocenters. The summed E-state index contributed by atoms with van der Waals surface area (Å²) >= 11 is 0. The van der Waals surface area contributed by atoms with E-state index in [4.69, 9.17) is 4.42 Å². The second-order valence-electron chi connectivity index (χ2n) is 5.33. The molecule has 0 saturated carbocycles. The zero-order chi connectivity index (χ0) is 15.9. The van der Waals surface area contributed by atoms with Gasteiger partial charge in [-0.25, -0.2) is 4.98 Å². The summed E-state index contributed by atoms with van der Waals surface area (Å²) in [7, 11) is 0. The lowest BCUT2D eigenvalue weighted by atomic mass is 10.1. The van der Waals surface area contributed by atoms with E-state index in [2.05, 4.69) is 34.4 Å². The summed E-state index contributed by atoms with van der Waals surface area (Å²) in [6, 6.07) is 3.50. The van der Waals surface area contributed by atoms with Crippen molar-refractivity contribution in [1.29, 1.82) is 0 Å². The molecule has 2 heterocycles. The quantitative estimate of drug-likeness (QED) is 0.725. The maximum absolute atomic E-state index is 12.1. The smallest absolute Gasteiger partial charge is 0.272 e. The molecule has 2 aromatic heterocycles. The van der Waals surface area contributed by atoms with Gasteiger partial charge in [0, 0.05) is 6.54 Å². The van der Waals surface area contributed by atoms with E-state index in [1.54, 1.807) is 12.1 Å². The van der Waals surface area contributed by atoms with Gasteiger partial charge < -0.3 is 20.0 Å². The number of rotatable bonds is 7. The van der Waals surface area contributed by atoms with Crippen molar-refractivity contribution in [3.05, 3.63) is 41.9 Å². The molecule has 2 rings (SSSR count). The number of nitrogens with zero attached hydrogens (tertiary/aromatic N) is 1. The van der Waals surface area contributed by atoms with E-state index in [9.17, 15) is 9.59 Å². The predicted molar refractivity (Wildman–Crippen MR) is 80.3 cm³/mol. The molecule has 118 valence electrons. The Morgan fingerprint density at radius 2 is 2.14 bits per heavy atom. The number of H-pyrrole nitrogens is 1. The number of hydrogen-bond donors (Lipinski definition) is 3. The highest BCUT2D eigenvalue weighted by atomic mass is 16.3. The average Bonchev–Trinajstić information content (AvgIpc) is 3.15. The Balaban J connectivity index is 1.93. The fraction of sp³-hybridized carbons (Fsp3) is 0.400. The van der Waals surface area contributed by atoms with Crippen LogP contribution in [0, 0.1) is 5.92 Å². The molecule has 0 fully saturated rings. The molecule has 0 spiro atoms. The van der Waals surface area contributed by atoms with E-state index in [1.165, 1.54) is 12.6 Å². The maximum atomic E-state index is 12.1. The summed E-state index contributed by atoms with van der Waals surface area (Å²) < 4.78 is 5.13. The fourth-order valence-electron chi connectivity index (χ4n) is 1.87. The summed E-state index contributed by atoms with van der Waals surface area (Å²) in [5, 5.41) is 5.43. The van der Waals surface area contributed by atoms with Crippen LogP contribution in [-0.2, 0) is 6.54 Å². The van der Waals surface area contributed by atoms with Crippen LogP contribution in [0.5, 0.6) is 0 Å². The van der Waals surface area contributed by atoms with Crippen molar-refractivity contribution in [3.63, 3.8) is 0 Å². The van der Waals surface area contributed by atoms with Crippen LogP contribution < -0.4 is 10.6 Å². The second-order valence-corrected chi connectivity index (χ2v) is 5.33. The van der Waals surface area contributed by atoms with Crippen LogP contribution in [0.3, 0.4) is 0 Å². The summed E-state index contributed by atoms with van der Waals surface area (Å²) in [4.78, 5) is 30.8. The number of nitrogens with one attached hydrogen (secondary N) is 3. The van der Waals surface area contributed by atoms with Crippen LogP contribution in [0.15, 0.2) is 29.1 Å². The Kier molecular flexibility index (Phi) is 5.35. The molecule has 7 nitrogen and oxygen atoms in total. The van der Waals surface area contributed by atoms with Crippen molar-refractivity contribution < 1.29 is 14.0 Å². The molecule has 0 aromatic carbocycles. The number of imidazole rings is 1. The molecule has 2 aromatic rings. The molecule has 3 N–H and O–H groups in total. The van der Waals surface area contributed by atoms with E-state index < -0.39 is 5.91 Å². The number of furan rings is 1. The van der Waals surface area contributed by atoms with E-state index in [0.29, 0.717) is 18.2 Å². The molecule has 0 bridgehead atoms. The van der Waals surface area contributed by atoms with Crippen LogP contribution in [0.25, 0.3) is 0 Å². The van der Waals surface area contributed by atoms with Gasteiger partial charge in [-0.15, -0.1) is 0 Å². The van der Waals surface area contributed by atoms with Gasteiger partial charge in [0.1, 0.15) is 11.5 Å². The van der Waals surface area contributed by atoms with E-state index in [1.807, 2.05) is 0 Å². The number of hydrogen-bond acceptors (Lipinski definition) is 4. The molecule has 0 atom stereocenters. The lowest BCUT2D eigenvalue weighted by Gasteiger charge is -2.07. The Morgan fingerprint density at radius 3 is 2.82 bits per heavy atom. The Bertz CT molecular complexity index is 617. The molecular weight excluding hydrogens is 284 g/mol. The van der Waals surface area contributed by atoms with Crippen LogP contribution in [0.4, 0.5) is 0 Å². The molecular formula is C15H20N4O3. The molecule has 7 heteroatoms. The Hall–Kier alpha value is -2.57. The predicted octanol–water partition coefficient (Wildman–Crippen LogP) is 1.71. The van der Waals surface area contributed by atoms with Crippen LogP contribution >= 0.6 is 0 Å².